The van der Waals surface area contributed by atoms with Crippen LogP contribution in [0.2, 0.25) is 0 Å². The summed E-state index contributed by atoms with van der Waals surface area (Å²) in [6.07, 6.45) is -3.15. The Bertz CT molecular complexity index is 1070. The van der Waals surface area contributed by atoms with Gasteiger partial charge in [0.25, 0.3) is 5.56 Å². The van der Waals surface area contributed by atoms with Crippen molar-refractivity contribution in [1.29, 1.82) is 0 Å². The number of nitrogens with one attached hydrogen (secondary N) is 2. The number of hydrogen-bond acceptors (Lipinski definition) is 3. The van der Waals surface area contributed by atoms with E-state index < -0.39 is 28.9 Å². The maximum absolute atomic E-state index is 13.5. The number of amides is 2. The Hall–Kier alpha value is -3.23. The average molecular weight is 407 g/mol. The van der Waals surface area contributed by atoms with Gasteiger partial charge in [0, 0.05) is 24.9 Å². The van der Waals surface area contributed by atoms with Gasteiger partial charge >= 0.3 is 12.2 Å². The van der Waals surface area contributed by atoms with Gasteiger partial charge in [-0.05, 0) is 44.5 Å². The number of fused-ring (bicyclic) bond motifs is 1. The SMILES string of the molecule is CNC(=O)NC1=C(n2ccccc2=O)c2c(ccc(C(F)(F)F)c2C)OC1(C)C. The molecule has 154 valence electrons. The minimum atomic E-state index is -4.59. The molecule has 2 N–H and O–H groups in total. The quantitative estimate of drug-likeness (QED) is 0.801. The van der Waals surface area contributed by atoms with E-state index in [1.54, 1.807) is 19.9 Å². The highest BCUT2D eigenvalue weighted by Crippen LogP contribution is 2.45. The van der Waals surface area contributed by atoms with Crippen LogP contribution in [0.5, 0.6) is 5.75 Å². The molecular formula is C20H20F3N3O3. The summed E-state index contributed by atoms with van der Waals surface area (Å²) >= 11 is 0. The smallest absolute Gasteiger partial charge is 0.416 e. The number of alkyl halides is 3. The van der Waals surface area contributed by atoms with Crippen molar-refractivity contribution in [2.75, 3.05) is 7.05 Å². The molecule has 0 saturated heterocycles. The molecule has 1 aliphatic heterocycles. The number of pyridine rings is 1. The number of carbonyl (C=O) groups excluding carboxylic acids is 1. The van der Waals surface area contributed by atoms with Crippen LogP contribution in [0.15, 0.2) is 47.0 Å². The third-order valence-corrected chi connectivity index (χ3v) is 4.70. The van der Waals surface area contributed by atoms with Crippen molar-refractivity contribution in [1.82, 2.24) is 15.2 Å². The van der Waals surface area contributed by atoms with Crippen LogP contribution in [0, 0.1) is 6.92 Å². The summed E-state index contributed by atoms with van der Waals surface area (Å²) < 4.78 is 47.8. The number of aromatic nitrogens is 1. The van der Waals surface area contributed by atoms with Gasteiger partial charge in [0.15, 0.2) is 0 Å². The molecule has 9 heteroatoms. The van der Waals surface area contributed by atoms with Gasteiger partial charge in [-0.1, -0.05) is 6.07 Å². The standard InChI is InChI=1S/C20H20F3N3O3/c1-11-12(20(21,22)23)8-9-13-15(11)16(26-10-6-5-7-14(26)27)17(19(2,3)29-13)25-18(28)24-4/h5-10H,1-4H3,(H2,24,25,28). The van der Waals surface area contributed by atoms with E-state index in [1.807, 2.05) is 0 Å². The van der Waals surface area contributed by atoms with E-state index in [-0.39, 0.29) is 28.3 Å². The van der Waals surface area contributed by atoms with E-state index in [1.165, 1.54) is 42.9 Å². The Morgan fingerprint density at radius 3 is 2.45 bits per heavy atom. The first-order chi connectivity index (χ1) is 13.5. The number of benzene rings is 1. The highest BCUT2D eigenvalue weighted by Gasteiger charge is 2.41. The van der Waals surface area contributed by atoms with Gasteiger partial charge in [0.05, 0.1) is 17.0 Å². The summed E-state index contributed by atoms with van der Waals surface area (Å²) in [6.45, 7) is 4.62. The number of nitrogens with zero attached hydrogens (tertiary/aromatic N) is 1. The molecule has 0 atom stereocenters. The molecule has 2 amide bonds. The summed E-state index contributed by atoms with van der Waals surface area (Å²) in [5.41, 5.74) is -2.14. The molecule has 29 heavy (non-hydrogen) atoms. The van der Waals surface area contributed by atoms with Gasteiger partial charge in [0.1, 0.15) is 11.4 Å². The average Bonchev–Trinajstić information content (AvgIpc) is 2.62. The molecule has 0 bridgehead atoms. The largest absolute Gasteiger partial charge is 0.481 e. The second-order valence-corrected chi connectivity index (χ2v) is 7.06. The van der Waals surface area contributed by atoms with Gasteiger partial charge in [-0.25, -0.2) is 4.79 Å². The summed E-state index contributed by atoms with van der Waals surface area (Å²) in [5.74, 6) is 0.189. The first-order valence-corrected chi connectivity index (χ1v) is 8.79. The van der Waals surface area contributed by atoms with E-state index in [0.717, 1.165) is 6.07 Å². The van der Waals surface area contributed by atoms with Crippen LogP contribution in [-0.4, -0.2) is 23.2 Å². The van der Waals surface area contributed by atoms with Crippen molar-refractivity contribution >= 4 is 11.7 Å². The molecule has 1 aromatic carbocycles. The number of ether oxygens (including phenoxy) is 1. The summed E-state index contributed by atoms with van der Waals surface area (Å²) in [7, 11) is 1.40. The van der Waals surface area contributed by atoms with E-state index in [2.05, 4.69) is 10.6 Å². The first kappa shape index (κ1) is 20.5. The number of halogens is 3. The molecule has 2 heterocycles. The molecule has 1 aromatic heterocycles. The minimum Gasteiger partial charge on any atom is -0.481 e. The third-order valence-electron chi connectivity index (χ3n) is 4.70. The van der Waals surface area contributed by atoms with Crippen molar-refractivity contribution in [2.45, 2.75) is 32.5 Å². The summed E-state index contributed by atoms with van der Waals surface area (Å²) in [5, 5.41) is 5.03. The topological polar surface area (TPSA) is 72.4 Å². The molecule has 0 unspecified atom stereocenters. The van der Waals surface area contributed by atoms with Crippen LogP contribution >= 0.6 is 0 Å². The summed E-state index contributed by atoms with van der Waals surface area (Å²) in [4.78, 5) is 24.6. The van der Waals surface area contributed by atoms with Crippen LogP contribution in [0.1, 0.15) is 30.5 Å². The van der Waals surface area contributed by atoms with Crippen LogP contribution in [0.3, 0.4) is 0 Å². The second kappa shape index (κ2) is 6.98. The lowest BCUT2D eigenvalue weighted by Crippen LogP contribution is -2.47. The molecule has 0 saturated carbocycles. The lowest BCUT2D eigenvalue weighted by atomic mass is 9.90. The zero-order valence-electron chi connectivity index (χ0n) is 16.3. The monoisotopic (exact) mass is 407 g/mol. The molecule has 0 radical (unpaired) electrons. The fourth-order valence-electron chi connectivity index (χ4n) is 3.35. The van der Waals surface area contributed by atoms with Gasteiger partial charge in [-0.2, -0.15) is 13.2 Å². The van der Waals surface area contributed by atoms with E-state index in [0.29, 0.717) is 0 Å². The Labute approximate surface area is 165 Å². The predicted octanol–water partition coefficient (Wildman–Crippen LogP) is 3.49. The number of carbonyl (C=O) groups is 1. The molecule has 0 spiro atoms. The van der Waals surface area contributed by atoms with Gasteiger partial charge in [-0.3, -0.25) is 9.36 Å². The van der Waals surface area contributed by atoms with Gasteiger partial charge in [0.2, 0.25) is 0 Å². The highest BCUT2D eigenvalue weighted by atomic mass is 19.4. The highest BCUT2D eigenvalue weighted by molar-refractivity contribution is 5.84. The maximum Gasteiger partial charge on any atom is 0.416 e. The van der Waals surface area contributed by atoms with E-state index in [9.17, 15) is 22.8 Å². The molecule has 6 nitrogen and oxygen atoms in total. The van der Waals surface area contributed by atoms with Crippen LogP contribution in [-0.2, 0) is 6.18 Å². The zero-order chi connectivity index (χ0) is 21.6. The lowest BCUT2D eigenvalue weighted by Gasteiger charge is -2.38. The van der Waals surface area contributed by atoms with Crippen LogP contribution in [0.25, 0.3) is 5.70 Å². The number of hydrogen-bond donors (Lipinski definition) is 2. The van der Waals surface area contributed by atoms with Gasteiger partial charge in [-0.15, -0.1) is 0 Å². The zero-order valence-corrected chi connectivity index (χ0v) is 16.3. The predicted molar refractivity (Wildman–Crippen MR) is 101 cm³/mol. The van der Waals surface area contributed by atoms with E-state index >= 15 is 0 Å². The molecule has 0 fully saturated rings. The van der Waals surface area contributed by atoms with Crippen molar-refractivity contribution in [2.24, 2.45) is 0 Å². The number of rotatable bonds is 2. The normalized spacial score (nSPS) is 15.4. The maximum atomic E-state index is 13.5. The fraction of sp³-hybridized carbons (Fsp3) is 0.300. The van der Waals surface area contributed by atoms with Gasteiger partial charge < -0.3 is 15.4 Å². The minimum absolute atomic E-state index is 0.0962. The lowest BCUT2D eigenvalue weighted by molar-refractivity contribution is -0.138. The van der Waals surface area contributed by atoms with Crippen LogP contribution < -0.4 is 20.9 Å². The number of urea groups is 1. The van der Waals surface area contributed by atoms with Crippen LogP contribution in [0.4, 0.5) is 18.0 Å². The second-order valence-electron chi connectivity index (χ2n) is 7.06. The fourth-order valence-corrected chi connectivity index (χ4v) is 3.35. The molecular weight excluding hydrogens is 387 g/mol. The molecule has 3 rings (SSSR count). The Morgan fingerprint density at radius 1 is 1.17 bits per heavy atom. The molecule has 1 aliphatic rings. The first-order valence-electron chi connectivity index (χ1n) is 8.79. The van der Waals surface area contributed by atoms with E-state index in [4.69, 9.17) is 4.74 Å². The molecule has 2 aromatic rings. The summed E-state index contributed by atoms with van der Waals surface area (Å²) in [6, 6.07) is 5.98. The van der Waals surface area contributed by atoms with Crippen molar-refractivity contribution < 1.29 is 22.7 Å². The van der Waals surface area contributed by atoms with Crippen molar-refractivity contribution in [3.05, 3.63) is 69.3 Å². The molecule has 0 aliphatic carbocycles. The Morgan fingerprint density at radius 2 is 1.86 bits per heavy atom. The third kappa shape index (κ3) is 3.59. The van der Waals surface area contributed by atoms with Crippen molar-refractivity contribution in [3.8, 4) is 5.75 Å². The Kier molecular flexibility index (Phi) is 4.94. The van der Waals surface area contributed by atoms with Crippen molar-refractivity contribution in [3.63, 3.8) is 0 Å². The Balaban J connectivity index is 2.45.